The number of ether oxygens (including phenoxy) is 1. The maximum absolute atomic E-state index is 12.4. The van der Waals surface area contributed by atoms with Crippen LogP contribution in [-0.2, 0) is 9.53 Å². The van der Waals surface area contributed by atoms with Crippen molar-refractivity contribution < 1.29 is 9.53 Å². The van der Waals surface area contributed by atoms with Gasteiger partial charge in [-0.1, -0.05) is 20.8 Å². The average Bonchev–Trinajstić information content (AvgIpc) is 2.57. The fourth-order valence-electron chi connectivity index (χ4n) is 4.27. The van der Waals surface area contributed by atoms with Crippen LogP contribution >= 0.6 is 0 Å². The molecule has 2 heteroatoms. The number of ketones is 1. The summed E-state index contributed by atoms with van der Waals surface area (Å²) >= 11 is 0. The van der Waals surface area contributed by atoms with Gasteiger partial charge in [0.25, 0.3) is 0 Å². The lowest BCUT2D eigenvalue weighted by molar-refractivity contribution is -0.166. The Morgan fingerprint density at radius 3 is 2.71 bits per heavy atom. The molecule has 0 aromatic rings. The van der Waals surface area contributed by atoms with E-state index in [2.05, 4.69) is 20.8 Å². The second-order valence-electron chi connectivity index (χ2n) is 6.35. The third-order valence-corrected chi connectivity index (χ3v) is 5.32. The van der Waals surface area contributed by atoms with Gasteiger partial charge in [-0.05, 0) is 43.3 Å². The van der Waals surface area contributed by atoms with E-state index >= 15 is 0 Å². The number of carbonyl (C=O) groups excluding carboxylic acids is 1. The highest BCUT2D eigenvalue weighted by Crippen LogP contribution is 2.55. The van der Waals surface area contributed by atoms with Crippen LogP contribution in [-0.4, -0.2) is 17.5 Å². The number of hydrogen-bond acceptors (Lipinski definition) is 2. The fraction of sp³-hybridized carbons (Fsp3) is 0.800. The van der Waals surface area contributed by atoms with Crippen LogP contribution in [0.1, 0.15) is 47.0 Å². The first-order valence-electron chi connectivity index (χ1n) is 6.89. The van der Waals surface area contributed by atoms with Crippen LogP contribution in [0.2, 0.25) is 0 Å². The van der Waals surface area contributed by atoms with Crippen molar-refractivity contribution in [3.63, 3.8) is 0 Å². The fourth-order valence-corrected chi connectivity index (χ4v) is 4.27. The van der Waals surface area contributed by atoms with Gasteiger partial charge in [0.2, 0.25) is 0 Å². The van der Waals surface area contributed by atoms with Crippen LogP contribution in [0.25, 0.3) is 0 Å². The molecule has 3 rings (SSSR count). The summed E-state index contributed by atoms with van der Waals surface area (Å²) in [5.74, 6) is 1.17. The highest BCUT2D eigenvalue weighted by Gasteiger charge is 2.59. The zero-order valence-corrected chi connectivity index (χ0v) is 11.2. The second kappa shape index (κ2) is 3.44. The molecule has 1 saturated carbocycles. The smallest absolute Gasteiger partial charge is 0.144 e. The molecule has 2 bridgehead atoms. The van der Waals surface area contributed by atoms with Gasteiger partial charge < -0.3 is 4.74 Å². The maximum atomic E-state index is 12.4. The summed E-state index contributed by atoms with van der Waals surface area (Å²) < 4.78 is 6.37. The topological polar surface area (TPSA) is 26.3 Å². The van der Waals surface area contributed by atoms with Crippen LogP contribution in [0.4, 0.5) is 0 Å². The molecule has 2 aliphatic heterocycles. The van der Waals surface area contributed by atoms with Crippen molar-refractivity contribution in [1.29, 1.82) is 0 Å². The molecule has 0 radical (unpaired) electrons. The van der Waals surface area contributed by atoms with Crippen LogP contribution in [0.15, 0.2) is 11.1 Å². The first kappa shape index (κ1) is 11.5. The maximum Gasteiger partial charge on any atom is 0.144 e. The number of rotatable bonds is 0. The van der Waals surface area contributed by atoms with Gasteiger partial charge in [-0.25, -0.2) is 0 Å². The molecule has 0 N–H and O–H groups in total. The zero-order chi connectivity index (χ0) is 12.4. The van der Waals surface area contributed by atoms with Gasteiger partial charge in [0.15, 0.2) is 0 Å². The molecule has 0 aromatic carbocycles. The Morgan fingerprint density at radius 1 is 1.29 bits per heavy atom. The molecular formula is C15H22O2. The molecule has 94 valence electrons. The summed E-state index contributed by atoms with van der Waals surface area (Å²) in [6.45, 7) is 8.57. The van der Waals surface area contributed by atoms with Crippen LogP contribution in [0, 0.1) is 17.8 Å². The van der Waals surface area contributed by atoms with Crippen molar-refractivity contribution in [3.05, 3.63) is 11.1 Å². The van der Waals surface area contributed by atoms with Gasteiger partial charge >= 0.3 is 0 Å². The van der Waals surface area contributed by atoms with E-state index in [9.17, 15) is 4.79 Å². The van der Waals surface area contributed by atoms with Gasteiger partial charge in [0.1, 0.15) is 5.78 Å². The predicted octanol–water partition coefficient (Wildman–Crippen LogP) is 3.12. The monoisotopic (exact) mass is 234 g/mol. The third-order valence-electron chi connectivity index (χ3n) is 5.32. The standard InChI is InChI=1S/C15H22O2/c1-8-5-6-12-9(2)14-10(3)13(16)11(4)15(12,7-8)17-14/h8,10-11,14H,5-7H2,1-4H3/t8?,10-,11+,14-,15-/m1/s1. The van der Waals surface area contributed by atoms with Crippen LogP contribution in [0.3, 0.4) is 0 Å². The summed E-state index contributed by atoms with van der Waals surface area (Å²) in [5, 5.41) is 0. The van der Waals surface area contributed by atoms with Crippen molar-refractivity contribution in [2.45, 2.75) is 58.7 Å². The molecule has 1 saturated heterocycles. The van der Waals surface area contributed by atoms with Gasteiger partial charge in [0, 0.05) is 11.8 Å². The summed E-state index contributed by atoms with van der Waals surface area (Å²) in [5.41, 5.74) is 2.60. The lowest BCUT2D eigenvalue weighted by atomic mass is 9.67. The minimum absolute atomic E-state index is 0.0453. The van der Waals surface area contributed by atoms with E-state index in [1.54, 1.807) is 0 Å². The third kappa shape index (κ3) is 1.28. The Bertz CT molecular complexity index is 409. The predicted molar refractivity (Wildman–Crippen MR) is 66.7 cm³/mol. The summed E-state index contributed by atoms with van der Waals surface area (Å²) in [4.78, 5) is 12.4. The van der Waals surface area contributed by atoms with E-state index in [4.69, 9.17) is 4.74 Å². The summed E-state index contributed by atoms with van der Waals surface area (Å²) in [7, 11) is 0. The number of Topliss-reactive ketones (excluding diaryl/α,β-unsaturated/α-hetero) is 1. The Balaban J connectivity index is 2.11. The Kier molecular flexibility index (Phi) is 2.32. The lowest BCUT2D eigenvalue weighted by Crippen LogP contribution is -2.53. The van der Waals surface area contributed by atoms with Crippen molar-refractivity contribution in [1.82, 2.24) is 0 Å². The van der Waals surface area contributed by atoms with Crippen LogP contribution < -0.4 is 0 Å². The molecular weight excluding hydrogens is 212 g/mol. The minimum Gasteiger partial charge on any atom is -0.362 e. The summed E-state index contributed by atoms with van der Waals surface area (Å²) in [6, 6.07) is 0. The number of hydrogen-bond donors (Lipinski definition) is 0. The molecule has 1 unspecified atom stereocenters. The van der Waals surface area contributed by atoms with Gasteiger partial charge in [0.05, 0.1) is 11.7 Å². The molecule has 2 nitrogen and oxygen atoms in total. The molecule has 5 atom stereocenters. The number of carbonyl (C=O) groups is 1. The molecule has 2 heterocycles. The van der Waals surface area contributed by atoms with Crippen molar-refractivity contribution in [3.8, 4) is 0 Å². The molecule has 1 spiro atoms. The average molecular weight is 234 g/mol. The van der Waals surface area contributed by atoms with Gasteiger partial charge in [-0.2, -0.15) is 0 Å². The summed E-state index contributed by atoms with van der Waals surface area (Å²) in [6.07, 6.45) is 3.49. The minimum atomic E-state index is -0.226. The van der Waals surface area contributed by atoms with Crippen molar-refractivity contribution >= 4 is 5.78 Å². The highest BCUT2D eigenvalue weighted by atomic mass is 16.5. The van der Waals surface area contributed by atoms with E-state index in [0.29, 0.717) is 11.7 Å². The largest absolute Gasteiger partial charge is 0.362 e. The quantitative estimate of drug-likeness (QED) is 0.602. The van der Waals surface area contributed by atoms with Crippen molar-refractivity contribution in [2.75, 3.05) is 0 Å². The Morgan fingerprint density at radius 2 is 2.00 bits per heavy atom. The van der Waals surface area contributed by atoms with E-state index in [-0.39, 0.29) is 23.5 Å². The molecule has 3 aliphatic rings. The molecule has 1 aliphatic carbocycles. The van der Waals surface area contributed by atoms with Crippen LogP contribution in [0.5, 0.6) is 0 Å². The second-order valence-corrected chi connectivity index (χ2v) is 6.35. The first-order valence-corrected chi connectivity index (χ1v) is 6.89. The van der Waals surface area contributed by atoms with Gasteiger partial charge in [-0.3, -0.25) is 4.79 Å². The lowest BCUT2D eigenvalue weighted by Gasteiger charge is -2.46. The Labute approximate surface area is 103 Å². The van der Waals surface area contributed by atoms with E-state index in [1.807, 2.05) is 6.92 Å². The SMILES string of the molecule is CC1=C2CCC(C)C[C@]23O[C@H]1[C@H](C)C(=O)[C@@H]3C. The van der Waals surface area contributed by atoms with E-state index in [0.717, 1.165) is 12.8 Å². The number of fused-ring (bicyclic) bond motifs is 1. The highest BCUT2D eigenvalue weighted by molar-refractivity contribution is 5.87. The van der Waals surface area contributed by atoms with Crippen molar-refractivity contribution in [2.24, 2.45) is 17.8 Å². The molecule has 2 fully saturated rings. The van der Waals surface area contributed by atoms with E-state index in [1.165, 1.54) is 17.6 Å². The molecule has 0 aromatic heterocycles. The normalized spacial score (nSPS) is 49.5. The molecule has 0 amide bonds. The van der Waals surface area contributed by atoms with Gasteiger partial charge in [-0.15, -0.1) is 0 Å². The molecule has 17 heavy (non-hydrogen) atoms. The van der Waals surface area contributed by atoms with E-state index < -0.39 is 0 Å². The first-order chi connectivity index (χ1) is 7.97. The Hall–Kier alpha value is -0.630. The zero-order valence-electron chi connectivity index (χ0n) is 11.2.